The van der Waals surface area contributed by atoms with E-state index >= 15 is 0 Å². The molecule has 2 saturated heterocycles. The zero-order chi connectivity index (χ0) is 22.2. The Morgan fingerprint density at radius 2 is 1.78 bits per heavy atom. The number of carbonyl (C=O) groups is 2. The number of pyridine rings is 1. The number of aromatic nitrogens is 1. The Bertz CT molecular complexity index is 1150. The third-order valence-electron chi connectivity index (χ3n) is 6.72. The normalized spacial score (nSPS) is 22.3. The van der Waals surface area contributed by atoms with Crippen LogP contribution in [0.1, 0.15) is 27.4 Å². The number of hydrogen-bond acceptors (Lipinski definition) is 4. The Morgan fingerprint density at radius 1 is 1.06 bits per heavy atom. The summed E-state index contributed by atoms with van der Waals surface area (Å²) in [5, 5.41) is 10.0. The SMILES string of the molecule is Cc1ccccc1-c1ccc([C@H]2[C@H](CO)N3C(=O)CN(C(=O)c4ccncc4)C[C@@H]23)cc1. The molecule has 2 aliphatic heterocycles. The van der Waals surface area contributed by atoms with Crippen LogP contribution in [0.5, 0.6) is 0 Å². The number of rotatable bonds is 4. The van der Waals surface area contributed by atoms with E-state index in [0.717, 1.165) is 11.1 Å². The molecule has 1 N–H and O–H groups in total. The van der Waals surface area contributed by atoms with Crippen molar-refractivity contribution < 1.29 is 14.7 Å². The quantitative estimate of drug-likeness (QED) is 0.695. The molecule has 3 atom stereocenters. The van der Waals surface area contributed by atoms with Crippen LogP contribution in [0.2, 0.25) is 0 Å². The fraction of sp³-hybridized carbons (Fsp3) is 0.269. The van der Waals surface area contributed by atoms with Gasteiger partial charge < -0.3 is 14.9 Å². The first-order chi connectivity index (χ1) is 15.6. The maximum absolute atomic E-state index is 12.9. The summed E-state index contributed by atoms with van der Waals surface area (Å²) in [6, 6.07) is 19.6. The number of fused-ring (bicyclic) bond motifs is 1. The van der Waals surface area contributed by atoms with Crippen molar-refractivity contribution in [1.82, 2.24) is 14.8 Å². The van der Waals surface area contributed by atoms with Crippen molar-refractivity contribution in [3.63, 3.8) is 0 Å². The maximum Gasteiger partial charge on any atom is 0.254 e. The number of benzene rings is 2. The maximum atomic E-state index is 12.9. The van der Waals surface area contributed by atoms with E-state index in [0.29, 0.717) is 12.1 Å². The lowest BCUT2D eigenvalue weighted by atomic mass is 9.73. The van der Waals surface area contributed by atoms with Crippen molar-refractivity contribution in [3.05, 3.63) is 89.7 Å². The second-order valence-electron chi connectivity index (χ2n) is 8.50. The van der Waals surface area contributed by atoms with Gasteiger partial charge in [-0.25, -0.2) is 0 Å². The van der Waals surface area contributed by atoms with Gasteiger partial charge in [0, 0.05) is 30.4 Å². The van der Waals surface area contributed by atoms with Crippen molar-refractivity contribution in [2.24, 2.45) is 0 Å². The summed E-state index contributed by atoms with van der Waals surface area (Å²) >= 11 is 0. The second-order valence-corrected chi connectivity index (χ2v) is 8.50. The Morgan fingerprint density at radius 3 is 2.47 bits per heavy atom. The standard InChI is InChI=1S/C26H25N3O3/c1-17-4-2-3-5-21(17)18-6-8-19(9-7-18)25-22-14-28(15-24(31)29(22)23(25)16-30)26(32)20-10-12-27-13-11-20/h2-13,22-23,25,30H,14-16H2,1H3/t22-,23-,25+/m0/s1. The summed E-state index contributed by atoms with van der Waals surface area (Å²) in [6.45, 7) is 2.49. The van der Waals surface area contributed by atoms with Crippen LogP contribution in [-0.2, 0) is 4.79 Å². The highest BCUT2D eigenvalue weighted by Gasteiger charge is 2.54. The third kappa shape index (κ3) is 3.37. The van der Waals surface area contributed by atoms with Crippen LogP contribution in [0.4, 0.5) is 0 Å². The van der Waals surface area contributed by atoms with Gasteiger partial charge in [-0.15, -0.1) is 0 Å². The molecular weight excluding hydrogens is 402 g/mol. The largest absolute Gasteiger partial charge is 0.394 e. The molecule has 32 heavy (non-hydrogen) atoms. The van der Waals surface area contributed by atoms with Gasteiger partial charge >= 0.3 is 0 Å². The molecule has 1 aromatic heterocycles. The minimum atomic E-state index is -0.255. The lowest BCUT2D eigenvalue weighted by Crippen LogP contribution is -2.73. The Balaban J connectivity index is 1.40. The van der Waals surface area contributed by atoms with Gasteiger partial charge in [0.25, 0.3) is 5.91 Å². The number of aryl methyl sites for hydroxylation is 1. The molecule has 0 spiro atoms. The molecule has 2 aliphatic rings. The first kappa shape index (κ1) is 20.4. The van der Waals surface area contributed by atoms with Gasteiger partial charge in [-0.05, 0) is 41.3 Å². The molecule has 0 saturated carbocycles. The predicted molar refractivity (Wildman–Crippen MR) is 121 cm³/mol. The summed E-state index contributed by atoms with van der Waals surface area (Å²) in [7, 11) is 0. The van der Waals surface area contributed by atoms with Crippen molar-refractivity contribution in [2.75, 3.05) is 19.7 Å². The van der Waals surface area contributed by atoms with Gasteiger partial charge in [-0.2, -0.15) is 0 Å². The van der Waals surface area contributed by atoms with Crippen molar-refractivity contribution in [3.8, 4) is 11.1 Å². The molecule has 0 aliphatic carbocycles. The zero-order valence-corrected chi connectivity index (χ0v) is 17.9. The number of nitrogens with zero attached hydrogens (tertiary/aromatic N) is 3. The van der Waals surface area contributed by atoms with E-state index in [1.165, 1.54) is 11.1 Å². The smallest absolute Gasteiger partial charge is 0.254 e. The number of aliphatic hydroxyl groups is 1. The van der Waals surface area contributed by atoms with E-state index in [1.807, 2.05) is 12.1 Å². The minimum Gasteiger partial charge on any atom is -0.394 e. The van der Waals surface area contributed by atoms with Crippen LogP contribution < -0.4 is 0 Å². The van der Waals surface area contributed by atoms with Gasteiger partial charge in [0.1, 0.15) is 6.54 Å². The molecule has 162 valence electrons. The first-order valence-corrected chi connectivity index (χ1v) is 10.9. The molecule has 3 aromatic rings. The molecule has 0 bridgehead atoms. The average Bonchev–Trinajstić information content (AvgIpc) is 2.81. The summed E-state index contributed by atoms with van der Waals surface area (Å²) in [4.78, 5) is 33.1. The highest BCUT2D eigenvalue weighted by molar-refractivity contribution is 5.97. The Kier molecular flexibility index (Phi) is 5.23. The lowest BCUT2D eigenvalue weighted by Gasteiger charge is -2.58. The molecule has 3 heterocycles. The summed E-state index contributed by atoms with van der Waals surface area (Å²) < 4.78 is 0. The van der Waals surface area contributed by atoms with Crippen molar-refractivity contribution >= 4 is 11.8 Å². The summed E-state index contributed by atoms with van der Waals surface area (Å²) in [5.41, 5.74) is 5.14. The Labute approximate surface area is 187 Å². The minimum absolute atomic E-state index is 0.0112. The average molecular weight is 428 g/mol. The van der Waals surface area contributed by atoms with E-state index in [-0.39, 0.29) is 43.0 Å². The van der Waals surface area contributed by atoms with Crippen LogP contribution >= 0.6 is 0 Å². The molecule has 6 heteroatoms. The second kappa shape index (κ2) is 8.20. The lowest BCUT2D eigenvalue weighted by molar-refractivity contribution is -0.159. The van der Waals surface area contributed by atoms with Gasteiger partial charge in [-0.3, -0.25) is 14.6 Å². The third-order valence-corrected chi connectivity index (χ3v) is 6.72. The zero-order valence-electron chi connectivity index (χ0n) is 17.9. The van der Waals surface area contributed by atoms with E-state index < -0.39 is 0 Å². The van der Waals surface area contributed by atoms with Crippen LogP contribution in [-0.4, -0.2) is 63.5 Å². The van der Waals surface area contributed by atoms with Gasteiger partial charge in [0.2, 0.25) is 5.91 Å². The molecule has 2 aromatic carbocycles. The van der Waals surface area contributed by atoms with Crippen molar-refractivity contribution in [1.29, 1.82) is 0 Å². The van der Waals surface area contributed by atoms with Gasteiger partial charge in [-0.1, -0.05) is 48.5 Å². The molecular formula is C26H25N3O3. The number of piperazine rings is 1. The Hall–Kier alpha value is -3.51. The van der Waals surface area contributed by atoms with Crippen LogP contribution in [0.15, 0.2) is 73.1 Å². The van der Waals surface area contributed by atoms with Crippen LogP contribution in [0, 0.1) is 6.92 Å². The summed E-state index contributed by atoms with van der Waals surface area (Å²) in [6.07, 6.45) is 3.16. The molecule has 2 fully saturated rings. The number of amides is 2. The molecule has 0 unspecified atom stereocenters. The van der Waals surface area contributed by atoms with Crippen LogP contribution in [0.3, 0.4) is 0 Å². The molecule has 0 radical (unpaired) electrons. The number of hydrogen-bond donors (Lipinski definition) is 1. The summed E-state index contributed by atoms with van der Waals surface area (Å²) in [5.74, 6) is -0.292. The fourth-order valence-corrected chi connectivity index (χ4v) is 5.11. The predicted octanol–water partition coefficient (Wildman–Crippen LogP) is 2.87. The van der Waals surface area contributed by atoms with Crippen molar-refractivity contribution in [2.45, 2.75) is 24.9 Å². The fourth-order valence-electron chi connectivity index (χ4n) is 5.11. The monoisotopic (exact) mass is 427 g/mol. The van der Waals surface area contributed by atoms with Crippen LogP contribution in [0.25, 0.3) is 11.1 Å². The van der Waals surface area contributed by atoms with E-state index in [9.17, 15) is 14.7 Å². The molecule has 5 rings (SSSR count). The highest BCUT2D eigenvalue weighted by Crippen LogP contribution is 2.43. The molecule has 2 amide bonds. The van der Waals surface area contributed by atoms with E-state index in [2.05, 4.69) is 48.3 Å². The van der Waals surface area contributed by atoms with Gasteiger partial charge in [0.05, 0.1) is 18.7 Å². The van der Waals surface area contributed by atoms with E-state index in [1.54, 1.807) is 34.3 Å². The number of aliphatic hydroxyl groups excluding tert-OH is 1. The van der Waals surface area contributed by atoms with E-state index in [4.69, 9.17) is 0 Å². The molecule has 6 nitrogen and oxygen atoms in total. The van der Waals surface area contributed by atoms with Gasteiger partial charge in [0.15, 0.2) is 0 Å². The topological polar surface area (TPSA) is 73.7 Å². The first-order valence-electron chi connectivity index (χ1n) is 10.9. The number of carbonyl (C=O) groups excluding carboxylic acids is 2. The highest BCUT2D eigenvalue weighted by atomic mass is 16.3.